The van der Waals surface area contributed by atoms with Crippen LogP contribution in [0.1, 0.15) is 59.3 Å². The third kappa shape index (κ3) is 4.60. The number of benzene rings is 3. The number of aromatic hydroxyl groups is 1. The van der Waals surface area contributed by atoms with Gasteiger partial charge in [0, 0.05) is 34.8 Å². The zero-order valence-corrected chi connectivity index (χ0v) is 20.4. The first-order valence-corrected chi connectivity index (χ1v) is 12.1. The molecule has 0 radical (unpaired) electrons. The molecule has 180 valence electrons. The Hall–Kier alpha value is -4.37. The van der Waals surface area contributed by atoms with Crippen LogP contribution < -0.4 is 5.43 Å². The van der Waals surface area contributed by atoms with E-state index < -0.39 is 5.91 Å². The number of rotatable bonds is 7. The van der Waals surface area contributed by atoms with Crippen LogP contribution in [0.25, 0.3) is 10.9 Å². The summed E-state index contributed by atoms with van der Waals surface area (Å²) >= 11 is 0. The Morgan fingerprint density at radius 2 is 1.94 bits per heavy atom. The first-order valence-electron chi connectivity index (χ1n) is 12.1. The lowest BCUT2D eigenvalue weighted by Crippen LogP contribution is -2.19. The number of fused-ring (bicyclic) bond motifs is 1. The molecular weight excluding hydrogens is 448 g/mol. The van der Waals surface area contributed by atoms with E-state index >= 15 is 0 Å². The van der Waals surface area contributed by atoms with Gasteiger partial charge in [0.25, 0.3) is 5.91 Å². The smallest absolute Gasteiger partial charge is 0.271 e. The third-order valence-electron chi connectivity index (χ3n) is 7.25. The van der Waals surface area contributed by atoms with E-state index in [9.17, 15) is 9.90 Å². The van der Waals surface area contributed by atoms with Crippen molar-refractivity contribution >= 4 is 23.0 Å². The first kappa shape index (κ1) is 23.4. The number of nitriles is 1. The number of amides is 1. The number of hydrogen-bond donors (Lipinski definition) is 2. The molecule has 0 bridgehead atoms. The van der Waals surface area contributed by atoms with Crippen LogP contribution in [-0.2, 0) is 12.0 Å². The summed E-state index contributed by atoms with van der Waals surface area (Å²) in [6.07, 6.45) is 6.35. The van der Waals surface area contributed by atoms with Crippen molar-refractivity contribution in [3.63, 3.8) is 0 Å². The number of nitrogens with zero attached hydrogens (tertiary/aromatic N) is 3. The van der Waals surface area contributed by atoms with Gasteiger partial charge in [-0.25, -0.2) is 5.43 Å². The maximum Gasteiger partial charge on any atom is 0.271 e. The van der Waals surface area contributed by atoms with Crippen molar-refractivity contribution in [2.45, 2.75) is 38.6 Å². The highest BCUT2D eigenvalue weighted by molar-refractivity contribution is 6.00. The molecule has 1 aliphatic carbocycles. The van der Waals surface area contributed by atoms with Gasteiger partial charge in [-0.05, 0) is 65.6 Å². The average molecular weight is 477 g/mol. The van der Waals surface area contributed by atoms with Crippen LogP contribution in [0, 0.1) is 17.2 Å². The normalized spacial score (nSPS) is 13.7. The molecule has 1 heterocycles. The lowest BCUT2D eigenvalue weighted by Gasteiger charge is -2.25. The van der Waals surface area contributed by atoms with Crippen LogP contribution in [0.5, 0.6) is 5.75 Å². The number of hydrogen-bond acceptors (Lipinski definition) is 4. The molecule has 0 aliphatic heterocycles. The number of carbonyl (C=O) groups excluding carboxylic acids is 1. The van der Waals surface area contributed by atoms with Gasteiger partial charge in [-0.3, -0.25) is 4.79 Å². The van der Waals surface area contributed by atoms with Crippen molar-refractivity contribution in [1.82, 2.24) is 9.99 Å². The fraction of sp³-hybridized carbons (Fsp3) is 0.233. The minimum Gasteiger partial charge on any atom is -0.507 e. The summed E-state index contributed by atoms with van der Waals surface area (Å²) in [6, 6.07) is 23.0. The molecule has 3 aromatic carbocycles. The molecule has 1 amide bonds. The van der Waals surface area contributed by atoms with E-state index in [1.807, 2.05) is 18.2 Å². The SMILES string of the molecule is CC(C)(c1ccc(Cn2ccc3c(/C=N/NC(=O)c4ccc(O)c(C#N)c4)cccc32)cc1)C1CC1. The van der Waals surface area contributed by atoms with Gasteiger partial charge in [-0.15, -0.1) is 0 Å². The van der Waals surface area contributed by atoms with Gasteiger partial charge in [0.15, 0.2) is 0 Å². The number of nitrogens with one attached hydrogen (secondary N) is 1. The maximum absolute atomic E-state index is 12.4. The second-order valence-electron chi connectivity index (χ2n) is 9.96. The number of hydrazone groups is 1. The number of phenols is 1. The molecule has 4 aromatic rings. The fourth-order valence-corrected chi connectivity index (χ4v) is 4.77. The summed E-state index contributed by atoms with van der Waals surface area (Å²) in [7, 11) is 0. The van der Waals surface area contributed by atoms with Gasteiger partial charge in [-0.1, -0.05) is 50.2 Å². The van der Waals surface area contributed by atoms with E-state index in [2.05, 4.69) is 71.5 Å². The van der Waals surface area contributed by atoms with Crippen LogP contribution in [0.15, 0.2) is 78.0 Å². The van der Waals surface area contributed by atoms with Crippen molar-refractivity contribution in [2.24, 2.45) is 11.0 Å². The second kappa shape index (κ2) is 9.35. The second-order valence-corrected chi connectivity index (χ2v) is 9.96. The Labute approximate surface area is 210 Å². The quantitative estimate of drug-likeness (QED) is 0.264. The molecule has 36 heavy (non-hydrogen) atoms. The fourth-order valence-electron chi connectivity index (χ4n) is 4.77. The summed E-state index contributed by atoms with van der Waals surface area (Å²) < 4.78 is 2.21. The molecule has 1 fully saturated rings. The number of phenolic OH excluding ortho intramolecular Hbond substituents is 1. The minimum atomic E-state index is -0.458. The average Bonchev–Trinajstić information content (AvgIpc) is 3.67. The Morgan fingerprint density at radius 3 is 2.67 bits per heavy atom. The van der Waals surface area contributed by atoms with E-state index in [0.717, 1.165) is 28.9 Å². The van der Waals surface area contributed by atoms with Gasteiger partial charge >= 0.3 is 0 Å². The van der Waals surface area contributed by atoms with Gasteiger partial charge in [0.05, 0.1) is 11.8 Å². The highest BCUT2D eigenvalue weighted by Gasteiger charge is 2.38. The topological polar surface area (TPSA) is 90.4 Å². The molecule has 0 saturated heterocycles. The molecule has 1 aromatic heterocycles. The number of aromatic nitrogens is 1. The largest absolute Gasteiger partial charge is 0.507 e. The number of carbonyl (C=O) groups is 1. The zero-order chi connectivity index (χ0) is 25.3. The summed E-state index contributed by atoms with van der Waals surface area (Å²) in [5, 5.41) is 23.8. The highest BCUT2D eigenvalue weighted by Crippen LogP contribution is 2.46. The maximum atomic E-state index is 12.4. The van der Waals surface area contributed by atoms with Crippen LogP contribution in [-0.4, -0.2) is 21.8 Å². The van der Waals surface area contributed by atoms with E-state index in [0.29, 0.717) is 0 Å². The zero-order valence-electron chi connectivity index (χ0n) is 20.4. The van der Waals surface area contributed by atoms with Gasteiger partial charge in [-0.2, -0.15) is 10.4 Å². The summed E-state index contributed by atoms with van der Waals surface area (Å²) in [5.74, 6) is 0.185. The van der Waals surface area contributed by atoms with Crippen LogP contribution in [0.2, 0.25) is 0 Å². The Balaban J connectivity index is 1.30. The monoisotopic (exact) mass is 476 g/mol. The van der Waals surface area contributed by atoms with Gasteiger partial charge in [0.1, 0.15) is 11.8 Å². The minimum absolute atomic E-state index is 0.0407. The molecule has 5 rings (SSSR count). The van der Waals surface area contributed by atoms with Crippen molar-refractivity contribution in [1.29, 1.82) is 5.26 Å². The van der Waals surface area contributed by atoms with Crippen LogP contribution in [0.4, 0.5) is 0 Å². The Kier molecular flexibility index (Phi) is 6.07. The standard InChI is InChI=1S/C30H28N4O2/c1-30(2,25-11-12-25)24-9-6-20(7-10-24)19-34-15-14-26-22(4-3-5-27(26)34)18-32-33-29(36)21-8-13-28(35)23(16-21)17-31/h3-10,13-16,18,25,35H,11-12,19H2,1-2H3,(H,33,36)/b32-18+. The highest BCUT2D eigenvalue weighted by atomic mass is 16.3. The molecule has 0 spiro atoms. The summed E-state index contributed by atoms with van der Waals surface area (Å²) in [4.78, 5) is 12.4. The molecule has 2 N–H and O–H groups in total. The molecule has 6 heteroatoms. The first-order chi connectivity index (χ1) is 17.4. The van der Waals surface area contributed by atoms with Gasteiger partial charge < -0.3 is 9.67 Å². The molecular formula is C30H28N4O2. The molecule has 0 atom stereocenters. The molecule has 6 nitrogen and oxygen atoms in total. The Bertz CT molecular complexity index is 1500. The Morgan fingerprint density at radius 1 is 1.17 bits per heavy atom. The van der Waals surface area contributed by atoms with E-state index in [1.165, 1.54) is 42.2 Å². The lowest BCUT2D eigenvalue weighted by molar-refractivity contribution is 0.0955. The third-order valence-corrected chi connectivity index (χ3v) is 7.25. The predicted octanol–water partition coefficient (Wildman–Crippen LogP) is 5.72. The van der Waals surface area contributed by atoms with Crippen LogP contribution >= 0.6 is 0 Å². The lowest BCUT2D eigenvalue weighted by atomic mass is 9.80. The van der Waals surface area contributed by atoms with E-state index in [-0.39, 0.29) is 22.3 Å². The van der Waals surface area contributed by atoms with Crippen molar-refractivity contribution < 1.29 is 9.90 Å². The molecule has 0 unspecified atom stereocenters. The van der Waals surface area contributed by atoms with Gasteiger partial charge in [0.2, 0.25) is 0 Å². The van der Waals surface area contributed by atoms with E-state index in [4.69, 9.17) is 5.26 Å². The summed E-state index contributed by atoms with van der Waals surface area (Å²) in [6.45, 7) is 5.46. The van der Waals surface area contributed by atoms with Crippen molar-refractivity contribution in [2.75, 3.05) is 0 Å². The molecule has 1 aliphatic rings. The van der Waals surface area contributed by atoms with Crippen molar-refractivity contribution in [3.05, 3.63) is 101 Å². The van der Waals surface area contributed by atoms with Crippen molar-refractivity contribution in [3.8, 4) is 11.8 Å². The predicted molar refractivity (Wildman–Crippen MR) is 141 cm³/mol. The summed E-state index contributed by atoms with van der Waals surface area (Å²) in [5.41, 5.74) is 7.65. The molecule has 1 saturated carbocycles. The van der Waals surface area contributed by atoms with Crippen LogP contribution in [0.3, 0.4) is 0 Å². The van der Waals surface area contributed by atoms with E-state index in [1.54, 1.807) is 6.21 Å².